The van der Waals surface area contributed by atoms with E-state index in [9.17, 15) is 8.42 Å². The molecular formula is C12H26N2O2S. The summed E-state index contributed by atoms with van der Waals surface area (Å²) in [6.07, 6.45) is 1.11. The Balaban J connectivity index is 2.46. The lowest BCUT2D eigenvalue weighted by Crippen LogP contribution is -2.42. The smallest absolute Gasteiger partial charge is 0.151 e. The van der Waals surface area contributed by atoms with Crippen LogP contribution in [-0.4, -0.2) is 57.0 Å². The van der Waals surface area contributed by atoms with Crippen LogP contribution in [0.25, 0.3) is 0 Å². The van der Waals surface area contributed by atoms with Gasteiger partial charge in [-0.05, 0) is 25.4 Å². The van der Waals surface area contributed by atoms with E-state index in [1.807, 2.05) is 0 Å². The molecule has 0 spiro atoms. The molecule has 1 unspecified atom stereocenters. The fourth-order valence-corrected chi connectivity index (χ4v) is 2.91. The molecule has 1 atom stereocenters. The number of nitrogens with zero attached hydrogens (tertiary/aromatic N) is 1. The van der Waals surface area contributed by atoms with Crippen molar-refractivity contribution < 1.29 is 8.42 Å². The van der Waals surface area contributed by atoms with Gasteiger partial charge in [-0.1, -0.05) is 20.8 Å². The molecule has 17 heavy (non-hydrogen) atoms. The van der Waals surface area contributed by atoms with Gasteiger partial charge in [-0.3, -0.25) is 0 Å². The number of hydrogen-bond donors (Lipinski definition) is 1. The molecule has 102 valence electrons. The molecule has 0 aromatic heterocycles. The van der Waals surface area contributed by atoms with E-state index in [1.54, 1.807) is 6.92 Å². The van der Waals surface area contributed by atoms with Crippen molar-refractivity contribution in [2.24, 2.45) is 5.92 Å². The van der Waals surface area contributed by atoms with Crippen LogP contribution in [0.15, 0.2) is 0 Å². The highest BCUT2D eigenvalue weighted by molar-refractivity contribution is 7.91. The molecule has 0 saturated carbocycles. The average molecular weight is 262 g/mol. The van der Waals surface area contributed by atoms with Gasteiger partial charge in [0.25, 0.3) is 0 Å². The van der Waals surface area contributed by atoms with Crippen molar-refractivity contribution in [1.29, 1.82) is 0 Å². The average Bonchev–Trinajstić information content (AvgIpc) is 2.52. The van der Waals surface area contributed by atoms with Crippen LogP contribution in [0.3, 0.4) is 0 Å². The Morgan fingerprint density at radius 2 is 2.12 bits per heavy atom. The van der Waals surface area contributed by atoms with Crippen LogP contribution in [0, 0.1) is 5.92 Å². The zero-order chi connectivity index (χ0) is 12.9. The molecule has 1 heterocycles. The van der Waals surface area contributed by atoms with Gasteiger partial charge in [-0.15, -0.1) is 0 Å². The Labute approximate surface area is 106 Å². The van der Waals surface area contributed by atoms with Crippen LogP contribution in [0.1, 0.15) is 27.2 Å². The van der Waals surface area contributed by atoms with Crippen LogP contribution in [-0.2, 0) is 9.84 Å². The van der Waals surface area contributed by atoms with Crippen LogP contribution in [0.2, 0.25) is 0 Å². The Bertz CT molecular complexity index is 314. The molecule has 1 fully saturated rings. The number of hydrogen-bond acceptors (Lipinski definition) is 4. The molecule has 1 N–H and O–H groups in total. The highest BCUT2D eigenvalue weighted by Crippen LogP contribution is 2.08. The van der Waals surface area contributed by atoms with Gasteiger partial charge in [0.05, 0.1) is 5.75 Å². The predicted molar refractivity (Wildman–Crippen MR) is 72.0 cm³/mol. The first kappa shape index (κ1) is 14.9. The minimum atomic E-state index is -2.83. The van der Waals surface area contributed by atoms with Gasteiger partial charge in [0.15, 0.2) is 9.84 Å². The normalized spacial score (nSPS) is 23.9. The standard InChI is InChI=1S/C12H26N2O2S/c1-4-17(15,16)9-8-14-7-5-6-13-12(10-14)11(2)3/h11-13H,4-10H2,1-3H3. The van der Waals surface area contributed by atoms with E-state index < -0.39 is 9.84 Å². The summed E-state index contributed by atoms with van der Waals surface area (Å²) in [5.74, 6) is 1.15. The SMILES string of the molecule is CCS(=O)(=O)CCN1CCCNC(C(C)C)C1. The quantitative estimate of drug-likeness (QED) is 0.794. The first-order valence-corrected chi connectivity index (χ1v) is 8.43. The van der Waals surface area contributed by atoms with Crippen molar-refractivity contribution in [3.8, 4) is 0 Å². The largest absolute Gasteiger partial charge is 0.312 e. The van der Waals surface area contributed by atoms with Crippen molar-refractivity contribution in [2.75, 3.05) is 37.7 Å². The summed E-state index contributed by atoms with van der Waals surface area (Å²) in [5, 5.41) is 3.53. The molecule has 0 aromatic rings. The van der Waals surface area contributed by atoms with Gasteiger partial charge in [0, 0.05) is 24.9 Å². The topological polar surface area (TPSA) is 49.4 Å². The van der Waals surface area contributed by atoms with Crippen LogP contribution >= 0.6 is 0 Å². The second-order valence-electron chi connectivity index (χ2n) is 5.20. The van der Waals surface area contributed by atoms with Gasteiger partial charge in [-0.25, -0.2) is 8.42 Å². The fourth-order valence-electron chi connectivity index (χ4n) is 2.09. The van der Waals surface area contributed by atoms with Crippen LogP contribution in [0.4, 0.5) is 0 Å². The summed E-state index contributed by atoms with van der Waals surface area (Å²) in [6.45, 7) is 9.84. The molecule has 4 nitrogen and oxygen atoms in total. The third kappa shape index (κ3) is 5.36. The van der Waals surface area contributed by atoms with Crippen molar-refractivity contribution >= 4 is 9.84 Å². The molecule has 5 heteroatoms. The molecule has 0 bridgehead atoms. The van der Waals surface area contributed by atoms with E-state index in [-0.39, 0.29) is 5.75 Å². The Hall–Kier alpha value is -0.130. The molecule has 1 rings (SSSR count). The highest BCUT2D eigenvalue weighted by atomic mass is 32.2. The number of rotatable bonds is 5. The van der Waals surface area contributed by atoms with Gasteiger partial charge in [0.1, 0.15) is 0 Å². The minimum absolute atomic E-state index is 0.257. The van der Waals surface area contributed by atoms with Crippen LogP contribution in [0.5, 0.6) is 0 Å². The molecule has 1 aliphatic rings. The third-order valence-corrected chi connectivity index (χ3v) is 5.16. The van der Waals surface area contributed by atoms with E-state index in [0.29, 0.717) is 24.3 Å². The van der Waals surface area contributed by atoms with Crippen molar-refractivity contribution in [3.05, 3.63) is 0 Å². The molecule has 0 aliphatic carbocycles. The zero-order valence-corrected chi connectivity index (χ0v) is 12.1. The van der Waals surface area contributed by atoms with E-state index in [2.05, 4.69) is 24.1 Å². The Kier molecular flexibility index (Phi) is 5.89. The Morgan fingerprint density at radius 3 is 2.71 bits per heavy atom. The molecule has 0 aromatic carbocycles. The maximum absolute atomic E-state index is 11.5. The molecule has 1 aliphatic heterocycles. The Morgan fingerprint density at radius 1 is 1.41 bits per heavy atom. The predicted octanol–water partition coefficient (Wildman–Crippen LogP) is 0.741. The van der Waals surface area contributed by atoms with Gasteiger partial charge < -0.3 is 10.2 Å². The first-order valence-electron chi connectivity index (χ1n) is 6.60. The van der Waals surface area contributed by atoms with Crippen molar-refractivity contribution in [1.82, 2.24) is 10.2 Å². The zero-order valence-electron chi connectivity index (χ0n) is 11.3. The van der Waals surface area contributed by atoms with Gasteiger partial charge in [-0.2, -0.15) is 0 Å². The minimum Gasteiger partial charge on any atom is -0.312 e. The van der Waals surface area contributed by atoms with Gasteiger partial charge in [0.2, 0.25) is 0 Å². The fraction of sp³-hybridized carbons (Fsp3) is 1.00. The summed E-state index contributed by atoms with van der Waals surface area (Å²) >= 11 is 0. The molecular weight excluding hydrogens is 236 g/mol. The molecule has 1 saturated heterocycles. The lowest BCUT2D eigenvalue weighted by Gasteiger charge is -2.26. The first-order chi connectivity index (χ1) is 7.94. The summed E-state index contributed by atoms with van der Waals surface area (Å²) in [7, 11) is -2.83. The second kappa shape index (κ2) is 6.71. The molecule has 0 amide bonds. The summed E-state index contributed by atoms with van der Waals surface area (Å²) in [4.78, 5) is 2.29. The van der Waals surface area contributed by atoms with Crippen molar-refractivity contribution in [3.63, 3.8) is 0 Å². The third-order valence-electron chi connectivity index (χ3n) is 3.48. The second-order valence-corrected chi connectivity index (χ2v) is 7.67. The van der Waals surface area contributed by atoms with Crippen LogP contribution < -0.4 is 5.32 Å². The summed E-state index contributed by atoms with van der Waals surface area (Å²) in [5.41, 5.74) is 0. The van der Waals surface area contributed by atoms with E-state index in [4.69, 9.17) is 0 Å². The maximum Gasteiger partial charge on any atom is 0.151 e. The maximum atomic E-state index is 11.5. The van der Waals surface area contributed by atoms with Crippen molar-refractivity contribution in [2.45, 2.75) is 33.2 Å². The summed E-state index contributed by atoms with van der Waals surface area (Å²) < 4.78 is 23.0. The number of nitrogens with one attached hydrogen (secondary N) is 1. The van der Waals surface area contributed by atoms with E-state index in [1.165, 1.54) is 0 Å². The highest BCUT2D eigenvalue weighted by Gasteiger charge is 2.21. The monoisotopic (exact) mass is 262 g/mol. The van der Waals surface area contributed by atoms with E-state index in [0.717, 1.165) is 26.1 Å². The summed E-state index contributed by atoms with van der Waals surface area (Å²) in [6, 6.07) is 0.488. The van der Waals surface area contributed by atoms with E-state index >= 15 is 0 Å². The lowest BCUT2D eigenvalue weighted by atomic mass is 10.0. The number of sulfone groups is 1. The van der Waals surface area contributed by atoms with Gasteiger partial charge >= 0.3 is 0 Å². The lowest BCUT2D eigenvalue weighted by molar-refractivity contribution is 0.257. The molecule has 0 radical (unpaired) electrons.